The fraction of sp³-hybridized carbons (Fsp3) is 0.176. The number of nitrogens with zero attached hydrogens (tertiary/aromatic N) is 1. The second-order valence-corrected chi connectivity index (χ2v) is 5.84. The molecule has 0 saturated heterocycles. The number of anilines is 1. The first-order chi connectivity index (χ1) is 11.3. The summed E-state index contributed by atoms with van der Waals surface area (Å²) >= 11 is 1.43. The van der Waals surface area contributed by atoms with Crippen LogP contribution in [-0.2, 0) is 4.79 Å². The molecule has 0 atom stereocenters. The highest BCUT2D eigenvalue weighted by atomic mass is 32.2. The molecule has 0 unspecified atom stereocenters. The van der Waals surface area contributed by atoms with Crippen LogP contribution < -0.4 is 10.1 Å². The molecule has 3 rings (SSSR count). The van der Waals surface area contributed by atoms with Gasteiger partial charge in [-0.2, -0.15) is 0 Å². The Morgan fingerprint density at radius 3 is 2.83 bits per heavy atom. The van der Waals surface area contributed by atoms with Crippen molar-refractivity contribution >= 4 is 34.5 Å². The lowest BCUT2D eigenvalue weighted by Crippen LogP contribution is -2.12. The highest BCUT2D eigenvalue weighted by molar-refractivity contribution is 7.99. The number of amides is 1. The first-order valence-corrected chi connectivity index (χ1v) is 8.16. The maximum Gasteiger partial charge on any atom is 0.256 e. The van der Waals surface area contributed by atoms with Gasteiger partial charge in [0.25, 0.3) is 5.22 Å². The number of rotatable bonds is 6. The van der Waals surface area contributed by atoms with E-state index in [9.17, 15) is 4.79 Å². The number of para-hydroxylation sites is 4. The van der Waals surface area contributed by atoms with Crippen molar-refractivity contribution < 1.29 is 13.9 Å². The number of oxazole rings is 1. The molecule has 5 nitrogen and oxygen atoms in total. The van der Waals surface area contributed by atoms with Crippen molar-refractivity contribution in [1.29, 1.82) is 0 Å². The maximum atomic E-state index is 12.0. The van der Waals surface area contributed by atoms with Crippen LogP contribution in [-0.4, -0.2) is 23.8 Å². The summed E-state index contributed by atoms with van der Waals surface area (Å²) in [6.07, 6.45) is 0.363. The van der Waals surface area contributed by atoms with Crippen molar-refractivity contribution in [1.82, 2.24) is 4.98 Å². The molecule has 0 aliphatic rings. The molecule has 1 aromatic heterocycles. The maximum absolute atomic E-state index is 12.0. The Bertz CT molecular complexity index is 783. The normalized spacial score (nSPS) is 10.7. The van der Waals surface area contributed by atoms with Gasteiger partial charge in [0.1, 0.15) is 11.3 Å². The number of thioether (sulfide) groups is 1. The Kier molecular flexibility index (Phi) is 4.83. The molecule has 6 heteroatoms. The van der Waals surface area contributed by atoms with E-state index in [1.807, 2.05) is 48.5 Å². The lowest BCUT2D eigenvalue weighted by atomic mass is 10.3. The zero-order chi connectivity index (χ0) is 16.1. The minimum absolute atomic E-state index is 0.0712. The molecule has 1 amide bonds. The highest BCUT2D eigenvalue weighted by Crippen LogP contribution is 2.25. The van der Waals surface area contributed by atoms with E-state index in [0.717, 1.165) is 11.1 Å². The van der Waals surface area contributed by atoms with E-state index in [-0.39, 0.29) is 5.91 Å². The second-order valence-electron chi connectivity index (χ2n) is 4.79. The number of nitrogens with one attached hydrogen (secondary N) is 1. The Morgan fingerprint density at radius 2 is 2.00 bits per heavy atom. The lowest BCUT2D eigenvalue weighted by molar-refractivity contribution is -0.115. The Hall–Kier alpha value is -2.47. The Morgan fingerprint density at radius 1 is 1.22 bits per heavy atom. The van der Waals surface area contributed by atoms with Crippen molar-refractivity contribution in [2.24, 2.45) is 0 Å². The summed E-state index contributed by atoms with van der Waals surface area (Å²) in [6.45, 7) is 0. The SMILES string of the molecule is COc1ccccc1NC(=O)CCSc1nc2ccccc2o1. The molecule has 0 aliphatic carbocycles. The molecule has 2 aromatic carbocycles. The molecular formula is C17H16N2O3S. The van der Waals surface area contributed by atoms with Crippen LogP contribution in [0.25, 0.3) is 11.1 Å². The van der Waals surface area contributed by atoms with Gasteiger partial charge >= 0.3 is 0 Å². The van der Waals surface area contributed by atoms with Crippen LogP contribution in [0.1, 0.15) is 6.42 Å². The average molecular weight is 328 g/mol. The molecule has 0 radical (unpaired) electrons. The van der Waals surface area contributed by atoms with Crippen LogP contribution in [0.5, 0.6) is 5.75 Å². The van der Waals surface area contributed by atoms with Crippen molar-refractivity contribution in [3.8, 4) is 5.75 Å². The van der Waals surface area contributed by atoms with E-state index in [1.54, 1.807) is 7.11 Å². The third-order valence-corrected chi connectivity index (χ3v) is 4.04. The summed E-state index contributed by atoms with van der Waals surface area (Å²) in [7, 11) is 1.58. The summed E-state index contributed by atoms with van der Waals surface area (Å²) in [5.74, 6) is 1.17. The number of methoxy groups -OCH3 is 1. The van der Waals surface area contributed by atoms with Gasteiger partial charge < -0.3 is 14.5 Å². The third-order valence-electron chi connectivity index (χ3n) is 3.21. The Balaban J connectivity index is 1.53. The van der Waals surface area contributed by atoms with Crippen LogP contribution in [0.15, 0.2) is 58.2 Å². The fourth-order valence-corrected chi connectivity index (χ4v) is 2.88. The molecule has 0 spiro atoms. The van der Waals surface area contributed by atoms with E-state index in [4.69, 9.17) is 9.15 Å². The van der Waals surface area contributed by atoms with Gasteiger partial charge in [0, 0.05) is 12.2 Å². The van der Waals surface area contributed by atoms with Crippen molar-refractivity contribution in [3.05, 3.63) is 48.5 Å². The van der Waals surface area contributed by atoms with E-state index < -0.39 is 0 Å². The first kappa shape index (κ1) is 15.4. The van der Waals surface area contributed by atoms with Crippen molar-refractivity contribution in [2.75, 3.05) is 18.2 Å². The van der Waals surface area contributed by atoms with Gasteiger partial charge in [-0.05, 0) is 24.3 Å². The third kappa shape index (κ3) is 3.84. The summed E-state index contributed by atoms with van der Waals surface area (Å²) in [4.78, 5) is 16.4. The van der Waals surface area contributed by atoms with Crippen LogP contribution in [0.2, 0.25) is 0 Å². The number of carbonyl (C=O) groups excluding carboxylic acids is 1. The van der Waals surface area contributed by atoms with Gasteiger partial charge in [0.05, 0.1) is 12.8 Å². The van der Waals surface area contributed by atoms with Crippen molar-refractivity contribution in [2.45, 2.75) is 11.6 Å². The van der Waals surface area contributed by atoms with Gasteiger partial charge in [-0.3, -0.25) is 4.79 Å². The number of benzene rings is 2. The molecule has 0 bridgehead atoms. The number of carbonyl (C=O) groups is 1. The molecule has 1 N–H and O–H groups in total. The van der Waals surface area contributed by atoms with Crippen LogP contribution >= 0.6 is 11.8 Å². The number of hydrogen-bond donors (Lipinski definition) is 1. The number of fused-ring (bicyclic) bond motifs is 1. The predicted octanol–water partition coefficient (Wildman–Crippen LogP) is 3.96. The highest BCUT2D eigenvalue weighted by Gasteiger charge is 2.09. The van der Waals surface area contributed by atoms with Gasteiger partial charge in [-0.25, -0.2) is 4.98 Å². The van der Waals surface area contributed by atoms with Gasteiger partial charge in [-0.1, -0.05) is 36.0 Å². The number of hydrogen-bond acceptors (Lipinski definition) is 5. The zero-order valence-electron chi connectivity index (χ0n) is 12.6. The minimum atomic E-state index is -0.0712. The van der Waals surface area contributed by atoms with E-state index in [1.165, 1.54) is 11.8 Å². The summed E-state index contributed by atoms with van der Waals surface area (Å²) in [6, 6.07) is 14.9. The quantitative estimate of drug-likeness (QED) is 0.694. The van der Waals surface area contributed by atoms with E-state index in [0.29, 0.717) is 28.8 Å². The summed E-state index contributed by atoms with van der Waals surface area (Å²) in [5, 5.41) is 3.43. The summed E-state index contributed by atoms with van der Waals surface area (Å²) in [5.41, 5.74) is 2.26. The lowest BCUT2D eigenvalue weighted by Gasteiger charge is -2.09. The van der Waals surface area contributed by atoms with Crippen LogP contribution in [0, 0.1) is 0 Å². The largest absolute Gasteiger partial charge is 0.495 e. The smallest absolute Gasteiger partial charge is 0.256 e. The van der Waals surface area contributed by atoms with Gasteiger partial charge in [-0.15, -0.1) is 0 Å². The van der Waals surface area contributed by atoms with Gasteiger partial charge in [0.15, 0.2) is 5.58 Å². The van der Waals surface area contributed by atoms with Crippen molar-refractivity contribution in [3.63, 3.8) is 0 Å². The Labute approximate surface area is 138 Å². The molecular weight excluding hydrogens is 312 g/mol. The predicted molar refractivity (Wildman–Crippen MR) is 91.0 cm³/mol. The summed E-state index contributed by atoms with van der Waals surface area (Å²) < 4.78 is 10.8. The van der Waals surface area contributed by atoms with Crippen LogP contribution in [0.4, 0.5) is 5.69 Å². The van der Waals surface area contributed by atoms with Crippen LogP contribution in [0.3, 0.4) is 0 Å². The molecule has 1 heterocycles. The topological polar surface area (TPSA) is 64.4 Å². The molecule has 118 valence electrons. The molecule has 3 aromatic rings. The fourth-order valence-electron chi connectivity index (χ4n) is 2.10. The number of aromatic nitrogens is 1. The second kappa shape index (κ2) is 7.19. The standard InChI is InChI=1S/C17H16N2O3S/c1-21-14-8-4-2-6-12(14)18-16(20)10-11-23-17-19-13-7-3-5-9-15(13)22-17/h2-9H,10-11H2,1H3,(H,18,20). The molecule has 0 aliphatic heterocycles. The van der Waals surface area contributed by atoms with E-state index in [2.05, 4.69) is 10.3 Å². The average Bonchev–Trinajstić information content (AvgIpc) is 2.98. The minimum Gasteiger partial charge on any atom is -0.495 e. The number of ether oxygens (including phenoxy) is 1. The molecule has 0 saturated carbocycles. The molecule has 0 fully saturated rings. The monoisotopic (exact) mass is 328 g/mol. The first-order valence-electron chi connectivity index (χ1n) is 7.17. The zero-order valence-corrected chi connectivity index (χ0v) is 13.4. The molecule has 23 heavy (non-hydrogen) atoms. The van der Waals surface area contributed by atoms with E-state index >= 15 is 0 Å². The van der Waals surface area contributed by atoms with Gasteiger partial charge in [0.2, 0.25) is 5.91 Å².